The predicted molar refractivity (Wildman–Crippen MR) is 107 cm³/mol. The van der Waals surface area contributed by atoms with Crippen molar-refractivity contribution in [3.63, 3.8) is 0 Å². The Balaban J connectivity index is 1.90. The first-order chi connectivity index (χ1) is 14.6. The summed E-state index contributed by atoms with van der Waals surface area (Å²) < 4.78 is 42.5. The van der Waals surface area contributed by atoms with Crippen molar-refractivity contribution in [2.45, 2.75) is 18.8 Å². The summed E-state index contributed by atoms with van der Waals surface area (Å²) >= 11 is 0. The molecule has 0 aromatic heterocycles. The van der Waals surface area contributed by atoms with Gasteiger partial charge < -0.3 is 15.3 Å². The van der Waals surface area contributed by atoms with Gasteiger partial charge in [0.25, 0.3) is 5.72 Å². The highest BCUT2D eigenvalue weighted by Crippen LogP contribution is 2.46. The molecule has 8 heteroatoms. The molecule has 2 aliphatic rings. The third-order valence-corrected chi connectivity index (χ3v) is 5.44. The van der Waals surface area contributed by atoms with Crippen molar-refractivity contribution in [3.05, 3.63) is 94.3 Å². The Morgan fingerprint density at radius 2 is 1.61 bits per heavy atom. The number of nitrogens with zero attached hydrogens (tertiary/aromatic N) is 1. The lowest BCUT2D eigenvalue weighted by Crippen LogP contribution is -2.62. The number of benzene rings is 2. The summed E-state index contributed by atoms with van der Waals surface area (Å²) in [6, 6.07) is 14.0. The van der Waals surface area contributed by atoms with Crippen molar-refractivity contribution in [3.8, 4) is 0 Å². The van der Waals surface area contributed by atoms with Gasteiger partial charge in [-0.15, -0.1) is 0 Å². The molecule has 1 saturated heterocycles. The van der Waals surface area contributed by atoms with E-state index < -0.39 is 29.0 Å². The van der Waals surface area contributed by atoms with Crippen molar-refractivity contribution in [2.75, 3.05) is 13.1 Å². The highest BCUT2D eigenvalue weighted by molar-refractivity contribution is 6.15. The van der Waals surface area contributed by atoms with E-state index in [9.17, 15) is 27.9 Å². The summed E-state index contributed by atoms with van der Waals surface area (Å²) in [4.78, 5) is 26.9. The lowest BCUT2D eigenvalue weighted by atomic mass is 9.86. The molecule has 2 aromatic carbocycles. The van der Waals surface area contributed by atoms with Crippen molar-refractivity contribution >= 4 is 11.6 Å². The van der Waals surface area contributed by atoms with Crippen LogP contribution >= 0.6 is 0 Å². The number of halogens is 3. The van der Waals surface area contributed by atoms with E-state index in [1.54, 1.807) is 30.3 Å². The zero-order valence-electron chi connectivity index (χ0n) is 16.5. The number of hydrogen-bond acceptors (Lipinski definition) is 5. The Morgan fingerprint density at radius 3 is 2.23 bits per heavy atom. The monoisotopic (exact) mass is 428 g/mol. The van der Waals surface area contributed by atoms with E-state index in [0.717, 1.165) is 11.6 Å². The standard InChI is InChI=1S/C23H19F3N2O3/c1-14-7-9-16(10-8-14)19(29)17-13-18(20(30)15-5-3-2-4-6-15)22(31,23(24,25)26)28-12-11-27-21(17)28/h2-10,13,27,31H,11-12H2,1H3. The number of aliphatic hydroxyl groups is 1. The number of hydrogen-bond donors (Lipinski definition) is 2. The molecule has 0 spiro atoms. The zero-order chi connectivity index (χ0) is 22.4. The maximum atomic E-state index is 14.2. The molecule has 2 heterocycles. The molecular formula is C23H19F3N2O3. The molecule has 0 radical (unpaired) electrons. The van der Waals surface area contributed by atoms with Crippen LogP contribution in [-0.4, -0.2) is 46.6 Å². The number of alkyl halides is 3. The number of carbonyl (C=O) groups is 2. The minimum Gasteiger partial charge on any atom is -0.369 e. The molecule has 2 N–H and O–H groups in total. The molecule has 4 rings (SSSR count). The number of aryl methyl sites for hydroxylation is 1. The van der Waals surface area contributed by atoms with E-state index in [1.165, 1.54) is 24.3 Å². The van der Waals surface area contributed by atoms with Crippen LogP contribution in [0.15, 0.2) is 77.6 Å². The maximum absolute atomic E-state index is 14.2. The topological polar surface area (TPSA) is 69.6 Å². The number of allylic oxidation sites excluding steroid dienone is 2. The average molecular weight is 428 g/mol. The molecule has 0 bridgehead atoms. The second kappa shape index (κ2) is 7.39. The number of rotatable bonds is 4. The molecule has 0 aliphatic carbocycles. The van der Waals surface area contributed by atoms with Crippen LogP contribution in [-0.2, 0) is 0 Å². The minimum atomic E-state index is -5.18. The lowest BCUT2D eigenvalue weighted by molar-refractivity contribution is -0.288. The van der Waals surface area contributed by atoms with Crippen LogP contribution in [0.3, 0.4) is 0 Å². The molecule has 160 valence electrons. The molecular weight excluding hydrogens is 409 g/mol. The second-order valence-corrected chi connectivity index (χ2v) is 7.46. The summed E-state index contributed by atoms with van der Waals surface area (Å²) in [6.07, 6.45) is -4.31. The fourth-order valence-corrected chi connectivity index (χ4v) is 3.82. The Hall–Kier alpha value is -3.39. The van der Waals surface area contributed by atoms with Crippen molar-refractivity contribution in [1.29, 1.82) is 0 Å². The highest BCUT2D eigenvalue weighted by Gasteiger charge is 2.65. The molecule has 2 aliphatic heterocycles. The normalized spacial score (nSPS) is 20.8. The summed E-state index contributed by atoms with van der Waals surface area (Å²) in [5.41, 5.74) is -3.41. The first-order valence-corrected chi connectivity index (χ1v) is 9.63. The van der Waals surface area contributed by atoms with Gasteiger partial charge in [-0.05, 0) is 13.0 Å². The number of nitrogens with one attached hydrogen (secondary N) is 1. The van der Waals surface area contributed by atoms with Gasteiger partial charge in [-0.2, -0.15) is 13.2 Å². The van der Waals surface area contributed by atoms with Gasteiger partial charge in [0.05, 0.1) is 11.1 Å². The second-order valence-electron chi connectivity index (χ2n) is 7.46. The van der Waals surface area contributed by atoms with Crippen LogP contribution in [0.25, 0.3) is 0 Å². The van der Waals surface area contributed by atoms with Crippen LogP contribution in [0.2, 0.25) is 0 Å². The first kappa shape index (κ1) is 20.9. The van der Waals surface area contributed by atoms with E-state index >= 15 is 0 Å². The molecule has 1 atom stereocenters. The molecule has 2 aromatic rings. The van der Waals surface area contributed by atoms with E-state index in [0.29, 0.717) is 4.90 Å². The van der Waals surface area contributed by atoms with Gasteiger partial charge in [-0.25, -0.2) is 0 Å². The van der Waals surface area contributed by atoms with Gasteiger partial charge in [0.15, 0.2) is 11.6 Å². The van der Waals surface area contributed by atoms with E-state index in [-0.39, 0.29) is 35.6 Å². The predicted octanol–water partition coefficient (Wildman–Crippen LogP) is 3.37. The fraction of sp³-hybridized carbons (Fsp3) is 0.217. The molecule has 1 unspecified atom stereocenters. The van der Waals surface area contributed by atoms with Crippen molar-refractivity contribution in [2.24, 2.45) is 0 Å². The maximum Gasteiger partial charge on any atom is 0.441 e. The van der Waals surface area contributed by atoms with E-state index in [2.05, 4.69) is 5.32 Å². The summed E-state index contributed by atoms with van der Waals surface area (Å²) in [5.74, 6) is -1.69. The third kappa shape index (κ3) is 3.33. The Morgan fingerprint density at radius 1 is 1.00 bits per heavy atom. The lowest BCUT2D eigenvalue weighted by Gasteiger charge is -2.43. The number of carbonyl (C=O) groups excluding carboxylic acids is 2. The quantitative estimate of drug-likeness (QED) is 0.731. The SMILES string of the molecule is Cc1ccc(C(=O)C2=C3NCCN3C(O)(C(F)(F)F)C(C(=O)c3ccccc3)=C2)cc1. The third-order valence-electron chi connectivity index (χ3n) is 5.44. The van der Waals surface area contributed by atoms with Crippen LogP contribution in [0, 0.1) is 6.92 Å². The molecule has 31 heavy (non-hydrogen) atoms. The van der Waals surface area contributed by atoms with Gasteiger partial charge in [0.1, 0.15) is 5.82 Å². The van der Waals surface area contributed by atoms with Crippen LogP contribution in [0.5, 0.6) is 0 Å². The van der Waals surface area contributed by atoms with Crippen molar-refractivity contribution < 1.29 is 27.9 Å². The van der Waals surface area contributed by atoms with Crippen molar-refractivity contribution in [1.82, 2.24) is 10.2 Å². The number of fused-ring (bicyclic) bond motifs is 1. The Kier molecular flexibility index (Phi) is 4.97. The smallest absolute Gasteiger partial charge is 0.369 e. The van der Waals surface area contributed by atoms with Gasteiger partial charge >= 0.3 is 6.18 Å². The summed E-state index contributed by atoms with van der Waals surface area (Å²) in [6.45, 7) is 1.70. The van der Waals surface area contributed by atoms with Gasteiger partial charge in [0, 0.05) is 24.2 Å². The average Bonchev–Trinajstić information content (AvgIpc) is 3.24. The fourth-order valence-electron chi connectivity index (χ4n) is 3.82. The highest BCUT2D eigenvalue weighted by atomic mass is 19.4. The molecule has 0 amide bonds. The number of Topliss-reactive ketones (excluding diaryl/α,β-unsaturated/α-hetero) is 2. The largest absolute Gasteiger partial charge is 0.441 e. The Labute approximate surface area is 176 Å². The molecule has 5 nitrogen and oxygen atoms in total. The summed E-state index contributed by atoms with van der Waals surface area (Å²) in [5, 5.41) is 13.7. The van der Waals surface area contributed by atoms with E-state index in [4.69, 9.17) is 0 Å². The van der Waals surface area contributed by atoms with Crippen LogP contribution < -0.4 is 5.32 Å². The minimum absolute atomic E-state index is 0.0193. The Bertz CT molecular complexity index is 1110. The summed E-state index contributed by atoms with van der Waals surface area (Å²) in [7, 11) is 0. The van der Waals surface area contributed by atoms with Gasteiger partial charge in [-0.1, -0.05) is 60.2 Å². The molecule has 0 saturated carbocycles. The zero-order valence-corrected chi connectivity index (χ0v) is 16.5. The van der Waals surface area contributed by atoms with Gasteiger partial charge in [0.2, 0.25) is 0 Å². The van der Waals surface area contributed by atoms with E-state index in [1.807, 2.05) is 6.92 Å². The molecule has 1 fully saturated rings. The first-order valence-electron chi connectivity index (χ1n) is 9.63. The number of ketones is 2. The van der Waals surface area contributed by atoms with Crippen LogP contribution in [0.4, 0.5) is 13.2 Å². The van der Waals surface area contributed by atoms with Gasteiger partial charge in [-0.3, -0.25) is 9.59 Å². The van der Waals surface area contributed by atoms with Crippen LogP contribution in [0.1, 0.15) is 26.3 Å².